The molecule has 1 atom stereocenters. The van der Waals surface area contributed by atoms with Crippen LogP contribution in [0.4, 0.5) is 4.39 Å². The molecule has 0 amide bonds. The van der Waals surface area contributed by atoms with Gasteiger partial charge < -0.3 is 5.32 Å². The Morgan fingerprint density at radius 3 is 2.25 bits per heavy atom. The maximum atomic E-state index is 13.9. The summed E-state index contributed by atoms with van der Waals surface area (Å²) in [5, 5.41) is 3.63. The summed E-state index contributed by atoms with van der Waals surface area (Å²) in [4.78, 5) is 0. The van der Waals surface area contributed by atoms with E-state index in [9.17, 15) is 4.39 Å². The zero-order valence-electron chi connectivity index (χ0n) is 11.8. The standard InChI is InChI=1S/C18H20FN/c1-2-18(16-9-5-6-10-17(16)19)20-15-11-13-7-3-4-8-14(13)12-15/h3-10,15,18,20H,2,11-12H2,1H3. The van der Waals surface area contributed by atoms with Gasteiger partial charge in [-0.05, 0) is 36.5 Å². The van der Waals surface area contributed by atoms with Gasteiger partial charge in [-0.2, -0.15) is 0 Å². The van der Waals surface area contributed by atoms with Crippen LogP contribution < -0.4 is 5.32 Å². The van der Waals surface area contributed by atoms with Crippen molar-refractivity contribution in [2.75, 3.05) is 0 Å². The molecule has 0 saturated heterocycles. The molecule has 1 nitrogen and oxygen atoms in total. The van der Waals surface area contributed by atoms with Crippen molar-refractivity contribution in [2.45, 2.75) is 38.3 Å². The fourth-order valence-corrected chi connectivity index (χ4v) is 3.15. The minimum atomic E-state index is -0.109. The molecular formula is C18H20FN. The largest absolute Gasteiger partial charge is 0.306 e. The lowest BCUT2D eigenvalue weighted by Gasteiger charge is -2.22. The van der Waals surface area contributed by atoms with Gasteiger partial charge in [0.15, 0.2) is 0 Å². The van der Waals surface area contributed by atoms with Crippen LogP contribution in [0.1, 0.15) is 36.1 Å². The van der Waals surface area contributed by atoms with E-state index in [0.717, 1.165) is 24.8 Å². The summed E-state index contributed by atoms with van der Waals surface area (Å²) in [7, 11) is 0. The van der Waals surface area contributed by atoms with Crippen LogP contribution in [0, 0.1) is 5.82 Å². The molecule has 0 radical (unpaired) electrons. The highest BCUT2D eigenvalue weighted by Gasteiger charge is 2.24. The predicted molar refractivity (Wildman–Crippen MR) is 80.2 cm³/mol. The van der Waals surface area contributed by atoms with Crippen LogP contribution in [0.2, 0.25) is 0 Å². The fraction of sp³-hybridized carbons (Fsp3) is 0.333. The van der Waals surface area contributed by atoms with E-state index in [1.54, 1.807) is 12.1 Å². The number of fused-ring (bicyclic) bond motifs is 1. The van der Waals surface area contributed by atoms with E-state index in [0.29, 0.717) is 6.04 Å². The van der Waals surface area contributed by atoms with Crippen LogP contribution in [0.15, 0.2) is 48.5 Å². The van der Waals surface area contributed by atoms with E-state index in [1.165, 1.54) is 11.1 Å². The highest BCUT2D eigenvalue weighted by atomic mass is 19.1. The number of benzene rings is 2. The van der Waals surface area contributed by atoms with Gasteiger partial charge in [-0.15, -0.1) is 0 Å². The predicted octanol–water partition coefficient (Wildman–Crippen LogP) is 4.03. The molecule has 0 aliphatic heterocycles. The Labute approximate surface area is 119 Å². The lowest BCUT2D eigenvalue weighted by molar-refractivity contribution is 0.422. The molecule has 0 spiro atoms. The minimum absolute atomic E-state index is 0.0931. The third kappa shape index (κ3) is 2.61. The van der Waals surface area contributed by atoms with E-state index >= 15 is 0 Å². The Bertz CT molecular complexity index is 568. The van der Waals surface area contributed by atoms with Crippen molar-refractivity contribution in [3.63, 3.8) is 0 Å². The van der Waals surface area contributed by atoms with Gasteiger partial charge >= 0.3 is 0 Å². The highest BCUT2D eigenvalue weighted by molar-refractivity contribution is 5.33. The molecule has 0 fully saturated rings. The summed E-state index contributed by atoms with van der Waals surface area (Å²) in [5.41, 5.74) is 3.63. The number of hydrogen-bond donors (Lipinski definition) is 1. The second-order valence-corrected chi connectivity index (χ2v) is 5.52. The van der Waals surface area contributed by atoms with Gasteiger partial charge in [0.1, 0.15) is 5.82 Å². The van der Waals surface area contributed by atoms with E-state index in [1.807, 2.05) is 12.1 Å². The van der Waals surface area contributed by atoms with Gasteiger partial charge in [0.25, 0.3) is 0 Å². The SMILES string of the molecule is CCC(NC1Cc2ccccc2C1)c1ccccc1F. The second-order valence-electron chi connectivity index (χ2n) is 5.52. The third-order valence-electron chi connectivity index (χ3n) is 4.18. The quantitative estimate of drug-likeness (QED) is 0.883. The van der Waals surface area contributed by atoms with Crippen molar-refractivity contribution in [3.8, 4) is 0 Å². The first kappa shape index (κ1) is 13.3. The average Bonchev–Trinajstić information content (AvgIpc) is 2.88. The zero-order chi connectivity index (χ0) is 13.9. The Kier molecular flexibility index (Phi) is 3.83. The molecule has 0 bridgehead atoms. The first-order valence-electron chi connectivity index (χ1n) is 7.35. The summed E-state index contributed by atoms with van der Waals surface area (Å²) in [6, 6.07) is 16.2. The molecule has 2 aromatic rings. The molecule has 1 unspecified atom stereocenters. The Hall–Kier alpha value is -1.67. The van der Waals surface area contributed by atoms with Crippen molar-refractivity contribution in [3.05, 3.63) is 71.0 Å². The van der Waals surface area contributed by atoms with Crippen LogP contribution in [-0.4, -0.2) is 6.04 Å². The molecule has 1 N–H and O–H groups in total. The number of halogens is 1. The maximum absolute atomic E-state index is 13.9. The van der Waals surface area contributed by atoms with Crippen molar-refractivity contribution in [1.29, 1.82) is 0 Å². The summed E-state index contributed by atoms with van der Waals surface area (Å²) in [5.74, 6) is -0.109. The molecule has 0 heterocycles. The van der Waals surface area contributed by atoms with Crippen LogP contribution in [0.5, 0.6) is 0 Å². The summed E-state index contributed by atoms with van der Waals surface area (Å²) >= 11 is 0. The average molecular weight is 269 g/mol. The molecule has 3 rings (SSSR count). The first-order chi connectivity index (χ1) is 9.78. The lowest BCUT2D eigenvalue weighted by Crippen LogP contribution is -2.33. The smallest absolute Gasteiger partial charge is 0.127 e. The van der Waals surface area contributed by atoms with Crippen molar-refractivity contribution in [2.24, 2.45) is 0 Å². The molecule has 2 aromatic carbocycles. The molecule has 20 heavy (non-hydrogen) atoms. The monoisotopic (exact) mass is 269 g/mol. The van der Waals surface area contributed by atoms with Crippen LogP contribution >= 0.6 is 0 Å². The minimum Gasteiger partial charge on any atom is -0.306 e. The lowest BCUT2D eigenvalue weighted by atomic mass is 10.0. The van der Waals surface area contributed by atoms with Gasteiger partial charge in [0.2, 0.25) is 0 Å². The van der Waals surface area contributed by atoms with E-state index in [2.05, 4.69) is 36.5 Å². The molecule has 1 aliphatic rings. The number of nitrogens with one attached hydrogen (secondary N) is 1. The normalized spacial score (nSPS) is 16.1. The van der Waals surface area contributed by atoms with E-state index in [4.69, 9.17) is 0 Å². The molecule has 104 valence electrons. The van der Waals surface area contributed by atoms with Crippen LogP contribution in [0.3, 0.4) is 0 Å². The highest BCUT2D eigenvalue weighted by Crippen LogP contribution is 2.26. The van der Waals surface area contributed by atoms with Gasteiger partial charge in [-0.3, -0.25) is 0 Å². The van der Waals surface area contributed by atoms with Crippen LogP contribution in [0.25, 0.3) is 0 Å². The summed E-state index contributed by atoms with van der Waals surface area (Å²) < 4.78 is 13.9. The van der Waals surface area contributed by atoms with Crippen LogP contribution in [-0.2, 0) is 12.8 Å². The van der Waals surface area contributed by atoms with Gasteiger partial charge in [-0.25, -0.2) is 4.39 Å². The maximum Gasteiger partial charge on any atom is 0.127 e. The molecular weight excluding hydrogens is 249 g/mol. The van der Waals surface area contributed by atoms with Crippen molar-refractivity contribution in [1.82, 2.24) is 5.32 Å². The summed E-state index contributed by atoms with van der Waals surface area (Å²) in [6.07, 6.45) is 2.98. The Morgan fingerprint density at radius 2 is 1.65 bits per heavy atom. The van der Waals surface area contributed by atoms with Crippen molar-refractivity contribution < 1.29 is 4.39 Å². The van der Waals surface area contributed by atoms with Gasteiger partial charge in [-0.1, -0.05) is 49.4 Å². The molecule has 2 heteroatoms. The summed E-state index contributed by atoms with van der Waals surface area (Å²) in [6.45, 7) is 2.10. The number of hydrogen-bond acceptors (Lipinski definition) is 1. The third-order valence-corrected chi connectivity index (χ3v) is 4.18. The van der Waals surface area contributed by atoms with E-state index in [-0.39, 0.29) is 11.9 Å². The van der Waals surface area contributed by atoms with Gasteiger partial charge in [0, 0.05) is 17.6 Å². The second kappa shape index (κ2) is 5.76. The zero-order valence-corrected chi connectivity index (χ0v) is 11.8. The molecule has 1 aliphatic carbocycles. The first-order valence-corrected chi connectivity index (χ1v) is 7.35. The Balaban J connectivity index is 1.73. The number of rotatable bonds is 4. The molecule has 0 saturated carbocycles. The van der Waals surface area contributed by atoms with Crippen molar-refractivity contribution >= 4 is 0 Å². The topological polar surface area (TPSA) is 12.0 Å². The van der Waals surface area contributed by atoms with Gasteiger partial charge in [0.05, 0.1) is 0 Å². The van der Waals surface area contributed by atoms with E-state index < -0.39 is 0 Å². The molecule has 0 aromatic heterocycles. The fourth-order valence-electron chi connectivity index (χ4n) is 3.15. The Morgan fingerprint density at radius 1 is 1.05 bits per heavy atom.